The Morgan fingerprint density at radius 2 is 1.96 bits per heavy atom. The fraction of sp³-hybridized carbons (Fsp3) is 0.941. The Morgan fingerprint density at radius 3 is 2.57 bits per heavy atom. The number of likely N-dealkylation sites (tertiary alicyclic amines) is 1. The first-order valence-corrected chi connectivity index (χ1v) is 9.03. The second-order valence-electron chi connectivity index (χ2n) is 6.86. The third-order valence-electron chi connectivity index (χ3n) is 5.15. The third kappa shape index (κ3) is 3.87. The van der Waals surface area contributed by atoms with E-state index in [1.165, 1.54) is 0 Å². The van der Waals surface area contributed by atoms with Gasteiger partial charge in [0.05, 0.1) is 24.7 Å². The van der Waals surface area contributed by atoms with Gasteiger partial charge in [-0.15, -0.1) is 0 Å². The van der Waals surface area contributed by atoms with Crippen molar-refractivity contribution in [3.05, 3.63) is 0 Å². The van der Waals surface area contributed by atoms with Gasteiger partial charge in [-0.2, -0.15) is 0 Å². The van der Waals surface area contributed by atoms with Crippen LogP contribution in [0.1, 0.15) is 51.9 Å². The molecule has 0 radical (unpaired) electrons. The highest BCUT2D eigenvalue weighted by Crippen LogP contribution is 2.36. The summed E-state index contributed by atoms with van der Waals surface area (Å²) >= 11 is 0. The second-order valence-corrected chi connectivity index (χ2v) is 6.86. The largest absolute Gasteiger partial charge is 0.393 e. The first-order chi connectivity index (χ1) is 11.2. The van der Waals surface area contributed by atoms with Gasteiger partial charge in [0, 0.05) is 13.2 Å². The fourth-order valence-electron chi connectivity index (χ4n) is 3.90. The average molecular weight is 327 g/mol. The van der Waals surface area contributed by atoms with Crippen LogP contribution in [-0.2, 0) is 19.0 Å². The van der Waals surface area contributed by atoms with Crippen molar-refractivity contribution in [2.24, 2.45) is 5.92 Å². The Labute approximate surface area is 138 Å². The van der Waals surface area contributed by atoms with E-state index in [-0.39, 0.29) is 30.4 Å². The minimum atomic E-state index is -0.627. The number of aliphatic hydroxyl groups is 1. The molecule has 3 saturated heterocycles. The van der Waals surface area contributed by atoms with Crippen LogP contribution in [0.4, 0.5) is 0 Å². The van der Waals surface area contributed by atoms with Gasteiger partial charge in [0.2, 0.25) is 5.91 Å². The van der Waals surface area contributed by atoms with E-state index in [0.29, 0.717) is 13.2 Å². The molecule has 6 nitrogen and oxygen atoms in total. The number of hydrogen-bond donors (Lipinski definition) is 1. The smallest absolute Gasteiger partial charge is 0.232 e. The molecule has 6 heteroatoms. The summed E-state index contributed by atoms with van der Waals surface area (Å²) in [6.45, 7) is 3.73. The molecule has 0 spiro atoms. The number of aliphatic hydroxyl groups excluding tert-OH is 1. The highest BCUT2D eigenvalue weighted by molar-refractivity contribution is 5.86. The molecule has 0 aliphatic carbocycles. The number of rotatable bonds is 6. The number of carbonyl (C=O) groups excluding carboxylic acids is 1. The van der Waals surface area contributed by atoms with Crippen LogP contribution in [0.25, 0.3) is 0 Å². The van der Waals surface area contributed by atoms with Crippen LogP contribution in [0.5, 0.6) is 0 Å². The summed E-state index contributed by atoms with van der Waals surface area (Å²) in [5.41, 5.74) is 0. The summed E-state index contributed by atoms with van der Waals surface area (Å²) in [4.78, 5) is 14.2. The number of hydrogen-bond acceptors (Lipinski definition) is 5. The Morgan fingerprint density at radius 1 is 1.22 bits per heavy atom. The van der Waals surface area contributed by atoms with Crippen molar-refractivity contribution >= 4 is 5.91 Å². The maximum atomic E-state index is 12.4. The molecule has 132 valence electrons. The normalized spacial score (nSPS) is 36.6. The van der Waals surface area contributed by atoms with Crippen LogP contribution in [0, 0.1) is 5.92 Å². The Bertz CT molecular complexity index is 390. The van der Waals surface area contributed by atoms with E-state index in [9.17, 15) is 9.90 Å². The van der Waals surface area contributed by atoms with Crippen molar-refractivity contribution in [3.8, 4) is 0 Å². The second kappa shape index (κ2) is 7.92. The molecule has 0 bridgehead atoms. The van der Waals surface area contributed by atoms with Gasteiger partial charge in [-0.3, -0.25) is 4.79 Å². The van der Waals surface area contributed by atoms with E-state index >= 15 is 0 Å². The predicted molar refractivity (Wildman–Crippen MR) is 83.6 cm³/mol. The van der Waals surface area contributed by atoms with Gasteiger partial charge in [0.15, 0.2) is 6.29 Å². The minimum Gasteiger partial charge on any atom is -0.393 e. The van der Waals surface area contributed by atoms with E-state index in [1.54, 1.807) is 6.92 Å². The van der Waals surface area contributed by atoms with Gasteiger partial charge < -0.3 is 24.2 Å². The monoisotopic (exact) mass is 327 g/mol. The van der Waals surface area contributed by atoms with Gasteiger partial charge in [0.1, 0.15) is 6.23 Å². The number of amides is 1. The number of nitrogens with zero attached hydrogens (tertiary/aromatic N) is 1. The number of β-lactam (4-membered cyclic amide) rings is 1. The van der Waals surface area contributed by atoms with E-state index in [4.69, 9.17) is 14.2 Å². The molecular weight excluding hydrogens is 298 g/mol. The molecule has 3 fully saturated rings. The number of carbonyl (C=O) groups is 1. The standard InChI is InChI=1S/C17H29NO5/c1-12(19)16-13(8-11-23-15-7-3-5-10-22-15)18(17(16)20)14-6-2-4-9-21-14/h12-16,19H,2-11H2,1H3/t12?,13-,14?,15?,16-/m0/s1. The Hall–Kier alpha value is -0.690. The fourth-order valence-corrected chi connectivity index (χ4v) is 3.90. The van der Waals surface area contributed by atoms with Crippen molar-refractivity contribution in [2.45, 2.75) is 76.5 Å². The van der Waals surface area contributed by atoms with Crippen molar-refractivity contribution in [3.63, 3.8) is 0 Å². The van der Waals surface area contributed by atoms with Crippen LogP contribution in [0.15, 0.2) is 0 Å². The summed E-state index contributed by atoms with van der Waals surface area (Å²) in [7, 11) is 0. The van der Waals surface area contributed by atoms with Crippen molar-refractivity contribution in [1.82, 2.24) is 4.90 Å². The molecule has 0 aromatic heterocycles. The average Bonchev–Trinajstić information content (AvgIpc) is 2.55. The highest BCUT2D eigenvalue weighted by atomic mass is 16.7. The highest BCUT2D eigenvalue weighted by Gasteiger charge is 2.52. The van der Waals surface area contributed by atoms with Crippen molar-refractivity contribution < 1.29 is 24.1 Å². The molecule has 23 heavy (non-hydrogen) atoms. The molecule has 3 heterocycles. The van der Waals surface area contributed by atoms with Gasteiger partial charge in [-0.25, -0.2) is 0 Å². The van der Waals surface area contributed by atoms with E-state index in [1.807, 2.05) is 4.90 Å². The molecule has 3 aliphatic heterocycles. The summed E-state index contributed by atoms with van der Waals surface area (Å²) in [6.07, 6.45) is 6.10. The zero-order chi connectivity index (χ0) is 16.2. The van der Waals surface area contributed by atoms with Gasteiger partial charge >= 0.3 is 0 Å². The van der Waals surface area contributed by atoms with Gasteiger partial charge in [-0.1, -0.05) is 0 Å². The van der Waals surface area contributed by atoms with Crippen molar-refractivity contribution in [2.75, 3.05) is 19.8 Å². The SMILES string of the molecule is CC(O)[C@@H]1C(=O)N(C2CCCCO2)[C@H]1CCOC1CCCCO1. The molecular formula is C17H29NO5. The Balaban J connectivity index is 1.53. The van der Waals surface area contributed by atoms with Crippen LogP contribution in [0.2, 0.25) is 0 Å². The summed E-state index contributed by atoms with van der Waals surface area (Å²) in [5, 5.41) is 9.92. The lowest BCUT2D eigenvalue weighted by molar-refractivity contribution is -0.203. The van der Waals surface area contributed by atoms with E-state index < -0.39 is 6.10 Å². The summed E-state index contributed by atoms with van der Waals surface area (Å²) < 4.78 is 17.1. The molecule has 3 unspecified atom stereocenters. The zero-order valence-corrected chi connectivity index (χ0v) is 14.0. The molecule has 0 saturated carbocycles. The molecule has 3 rings (SSSR count). The van der Waals surface area contributed by atoms with Gasteiger partial charge in [0.25, 0.3) is 0 Å². The van der Waals surface area contributed by atoms with Crippen LogP contribution >= 0.6 is 0 Å². The van der Waals surface area contributed by atoms with E-state index in [0.717, 1.165) is 51.6 Å². The quantitative estimate of drug-likeness (QED) is 0.751. The molecule has 1 amide bonds. The first-order valence-electron chi connectivity index (χ1n) is 9.03. The lowest BCUT2D eigenvalue weighted by Crippen LogP contribution is -2.68. The van der Waals surface area contributed by atoms with Crippen LogP contribution in [0.3, 0.4) is 0 Å². The lowest BCUT2D eigenvalue weighted by Gasteiger charge is -2.52. The molecule has 0 aromatic rings. The summed E-state index contributed by atoms with van der Waals surface area (Å²) in [5.74, 6) is -0.304. The topological polar surface area (TPSA) is 68.2 Å². The summed E-state index contributed by atoms with van der Waals surface area (Å²) in [6, 6.07) is 0.00851. The third-order valence-corrected chi connectivity index (χ3v) is 5.15. The van der Waals surface area contributed by atoms with E-state index in [2.05, 4.69) is 0 Å². The Kier molecular flexibility index (Phi) is 5.91. The van der Waals surface area contributed by atoms with Crippen LogP contribution in [-0.4, -0.2) is 60.4 Å². The number of ether oxygens (including phenoxy) is 3. The van der Waals surface area contributed by atoms with Gasteiger partial charge in [-0.05, 0) is 51.9 Å². The molecule has 0 aromatic carbocycles. The maximum Gasteiger partial charge on any atom is 0.232 e. The van der Waals surface area contributed by atoms with Crippen LogP contribution < -0.4 is 0 Å². The lowest BCUT2D eigenvalue weighted by atomic mass is 9.80. The maximum absolute atomic E-state index is 12.4. The minimum absolute atomic E-state index is 0.00851. The molecule has 5 atom stereocenters. The zero-order valence-electron chi connectivity index (χ0n) is 14.0. The first kappa shape index (κ1) is 17.1. The predicted octanol–water partition coefficient (Wildman–Crippen LogP) is 1.65. The molecule has 1 N–H and O–H groups in total. The molecule has 3 aliphatic rings. The van der Waals surface area contributed by atoms with Crippen molar-refractivity contribution in [1.29, 1.82) is 0 Å².